The normalized spacial score (nSPS) is 11.6. The monoisotopic (exact) mass is 299 g/mol. The van der Waals surface area contributed by atoms with Gasteiger partial charge in [-0.15, -0.1) is 0 Å². The summed E-state index contributed by atoms with van der Waals surface area (Å²) in [7, 11) is 0. The average Bonchev–Trinajstić information content (AvgIpc) is 2.40. The number of nitro benzene ring substituents is 1. The van der Waals surface area contributed by atoms with Gasteiger partial charge in [-0.2, -0.15) is 0 Å². The van der Waals surface area contributed by atoms with Crippen LogP contribution in [0, 0.1) is 10.1 Å². The number of nitrogens with one attached hydrogen (secondary N) is 2. The second-order valence-corrected chi connectivity index (χ2v) is 4.57. The third kappa shape index (κ3) is 4.20. The molecular formula is C12H14ClN3O4. The summed E-state index contributed by atoms with van der Waals surface area (Å²) in [6.45, 7) is 3.63. The molecule has 0 saturated heterocycles. The van der Waals surface area contributed by atoms with Gasteiger partial charge in [-0.3, -0.25) is 19.7 Å². The fraction of sp³-hybridized carbons (Fsp3) is 0.333. The van der Waals surface area contributed by atoms with Gasteiger partial charge in [-0.05, 0) is 25.5 Å². The zero-order valence-corrected chi connectivity index (χ0v) is 11.7. The SMILES string of the molecule is CCC(C)NC(=O)C(=O)Nc1ccc(Cl)c([N+](=O)[O-])c1. The van der Waals surface area contributed by atoms with Crippen LogP contribution in [0.4, 0.5) is 11.4 Å². The molecule has 8 heteroatoms. The van der Waals surface area contributed by atoms with Gasteiger partial charge >= 0.3 is 11.8 Å². The number of hydrogen-bond donors (Lipinski definition) is 2. The largest absolute Gasteiger partial charge is 0.345 e. The molecule has 1 aromatic carbocycles. The molecule has 0 aliphatic rings. The standard InChI is InChI=1S/C12H14ClN3O4/c1-3-7(2)14-11(17)12(18)15-8-4-5-9(13)10(6-8)16(19)20/h4-7H,3H2,1-2H3,(H,14,17)(H,15,18). The molecule has 0 heterocycles. The van der Waals surface area contributed by atoms with Crippen molar-refractivity contribution in [2.45, 2.75) is 26.3 Å². The van der Waals surface area contributed by atoms with Crippen LogP contribution >= 0.6 is 11.6 Å². The third-order valence-electron chi connectivity index (χ3n) is 2.60. The van der Waals surface area contributed by atoms with Gasteiger partial charge in [0.15, 0.2) is 0 Å². The minimum absolute atomic E-state index is 0.0444. The highest BCUT2D eigenvalue weighted by Gasteiger charge is 2.18. The predicted octanol–water partition coefficient (Wildman–Crippen LogP) is 2.10. The van der Waals surface area contributed by atoms with Crippen LogP contribution in [0.3, 0.4) is 0 Å². The van der Waals surface area contributed by atoms with Gasteiger partial charge in [0.05, 0.1) is 4.92 Å². The predicted molar refractivity (Wildman–Crippen MR) is 74.6 cm³/mol. The van der Waals surface area contributed by atoms with Crippen molar-refractivity contribution in [2.75, 3.05) is 5.32 Å². The molecule has 1 unspecified atom stereocenters. The molecule has 7 nitrogen and oxygen atoms in total. The van der Waals surface area contributed by atoms with E-state index in [-0.39, 0.29) is 22.4 Å². The first-order valence-corrected chi connectivity index (χ1v) is 6.28. The Morgan fingerprint density at radius 1 is 1.40 bits per heavy atom. The van der Waals surface area contributed by atoms with Crippen molar-refractivity contribution in [3.05, 3.63) is 33.3 Å². The second-order valence-electron chi connectivity index (χ2n) is 4.16. The first-order valence-electron chi connectivity index (χ1n) is 5.91. The highest BCUT2D eigenvalue weighted by Crippen LogP contribution is 2.27. The molecule has 0 bridgehead atoms. The zero-order chi connectivity index (χ0) is 15.3. The molecular weight excluding hydrogens is 286 g/mol. The number of nitro groups is 1. The maximum atomic E-state index is 11.6. The third-order valence-corrected chi connectivity index (χ3v) is 2.92. The van der Waals surface area contributed by atoms with Crippen molar-refractivity contribution in [1.29, 1.82) is 0 Å². The number of hydrogen-bond acceptors (Lipinski definition) is 4. The Morgan fingerprint density at radius 3 is 2.60 bits per heavy atom. The summed E-state index contributed by atoms with van der Waals surface area (Å²) in [6.07, 6.45) is 0.686. The van der Waals surface area contributed by atoms with Crippen molar-refractivity contribution >= 4 is 34.8 Å². The molecule has 0 radical (unpaired) electrons. The van der Waals surface area contributed by atoms with Crippen LogP contribution in [0.25, 0.3) is 0 Å². The van der Waals surface area contributed by atoms with E-state index >= 15 is 0 Å². The molecule has 2 N–H and O–H groups in total. The van der Waals surface area contributed by atoms with E-state index in [0.29, 0.717) is 6.42 Å². The summed E-state index contributed by atoms with van der Waals surface area (Å²) in [5, 5.41) is 15.4. The van der Waals surface area contributed by atoms with E-state index in [0.717, 1.165) is 6.07 Å². The second kappa shape index (κ2) is 6.85. The quantitative estimate of drug-likeness (QED) is 0.505. The highest BCUT2D eigenvalue weighted by atomic mass is 35.5. The molecule has 0 aromatic heterocycles. The van der Waals surface area contributed by atoms with Crippen molar-refractivity contribution in [2.24, 2.45) is 0 Å². The van der Waals surface area contributed by atoms with Crippen LogP contribution in [0.5, 0.6) is 0 Å². The molecule has 1 aromatic rings. The topological polar surface area (TPSA) is 101 Å². The summed E-state index contributed by atoms with van der Waals surface area (Å²) >= 11 is 5.64. The first kappa shape index (κ1) is 15.9. The number of carbonyl (C=O) groups is 2. The van der Waals surface area contributed by atoms with Crippen LogP contribution in [0.15, 0.2) is 18.2 Å². The maximum absolute atomic E-state index is 11.6. The number of benzene rings is 1. The van der Waals surface area contributed by atoms with E-state index < -0.39 is 16.7 Å². The molecule has 108 valence electrons. The number of halogens is 1. The molecule has 1 atom stereocenters. The molecule has 0 saturated carbocycles. The van der Waals surface area contributed by atoms with E-state index in [1.54, 1.807) is 6.92 Å². The fourth-order valence-corrected chi connectivity index (χ4v) is 1.50. The van der Waals surface area contributed by atoms with Gasteiger partial charge in [0.25, 0.3) is 5.69 Å². The van der Waals surface area contributed by atoms with Crippen molar-refractivity contribution in [1.82, 2.24) is 5.32 Å². The Bertz CT molecular complexity index is 548. The molecule has 0 aliphatic carbocycles. The number of amides is 2. The highest BCUT2D eigenvalue weighted by molar-refractivity contribution is 6.39. The molecule has 2 amide bonds. The summed E-state index contributed by atoms with van der Waals surface area (Å²) in [5.74, 6) is -1.68. The summed E-state index contributed by atoms with van der Waals surface area (Å²) < 4.78 is 0. The molecule has 0 fully saturated rings. The average molecular weight is 300 g/mol. The minimum atomic E-state index is -0.887. The van der Waals surface area contributed by atoms with E-state index in [1.807, 2.05) is 6.92 Å². The number of rotatable bonds is 4. The Morgan fingerprint density at radius 2 is 2.05 bits per heavy atom. The summed E-state index contributed by atoms with van der Waals surface area (Å²) in [4.78, 5) is 33.2. The van der Waals surface area contributed by atoms with E-state index in [2.05, 4.69) is 10.6 Å². The number of anilines is 1. The van der Waals surface area contributed by atoms with Crippen molar-refractivity contribution in [3.8, 4) is 0 Å². The Hall–Kier alpha value is -2.15. The van der Waals surface area contributed by atoms with Crippen LogP contribution in [-0.2, 0) is 9.59 Å². The lowest BCUT2D eigenvalue weighted by Gasteiger charge is -2.11. The van der Waals surface area contributed by atoms with Gasteiger partial charge in [0, 0.05) is 17.8 Å². The fourth-order valence-electron chi connectivity index (χ4n) is 1.31. The van der Waals surface area contributed by atoms with Crippen LogP contribution in [-0.4, -0.2) is 22.8 Å². The molecule has 1 rings (SSSR count). The van der Waals surface area contributed by atoms with Crippen LogP contribution in [0.2, 0.25) is 5.02 Å². The maximum Gasteiger partial charge on any atom is 0.313 e. The van der Waals surface area contributed by atoms with Gasteiger partial charge in [-0.25, -0.2) is 0 Å². The Labute approximate surface area is 120 Å². The number of carbonyl (C=O) groups excluding carboxylic acids is 2. The smallest absolute Gasteiger partial charge is 0.313 e. The van der Waals surface area contributed by atoms with Crippen molar-refractivity contribution < 1.29 is 14.5 Å². The zero-order valence-electron chi connectivity index (χ0n) is 11.0. The first-order chi connectivity index (χ1) is 9.35. The van der Waals surface area contributed by atoms with Crippen molar-refractivity contribution in [3.63, 3.8) is 0 Å². The van der Waals surface area contributed by atoms with Crippen LogP contribution < -0.4 is 10.6 Å². The molecule has 20 heavy (non-hydrogen) atoms. The van der Waals surface area contributed by atoms with Gasteiger partial charge in [-0.1, -0.05) is 18.5 Å². The molecule has 0 aliphatic heterocycles. The van der Waals surface area contributed by atoms with Gasteiger partial charge in [0.1, 0.15) is 5.02 Å². The summed E-state index contributed by atoms with van der Waals surface area (Å²) in [5.41, 5.74) is -0.211. The lowest BCUT2D eigenvalue weighted by atomic mass is 10.2. The van der Waals surface area contributed by atoms with E-state index in [9.17, 15) is 19.7 Å². The number of nitrogens with zero attached hydrogens (tertiary/aromatic N) is 1. The Kier molecular flexibility index (Phi) is 5.45. The van der Waals surface area contributed by atoms with Gasteiger partial charge < -0.3 is 10.6 Å². The van der Waals surface area contributed by atoms with Crippen LogP contribution in [0.1, 0.15) is 20.3 Å². The minimum Gasteiger partial charge on any atom is -0.345 e. The van der Waals surface area contributed by atoms with Gasteiger partial charge in [0.2, 0.25) is 0 Å². The lowest BCUT2D eigenvalue weighted by Crippen LogP contribution is -2.40. The van der Waals surface area contributed by atoms with E-state index in [4.69, 9.17) is 11.6 Å². The van der Waals surface area contributed by atoms with E-state index in [1.165, 1.54) is 12.1 Å². The lowest BCUT2D eigenvalue weighted by molar-refractivity contribution is -0.384. The Balaban J connectivity index is 2.78. The summed E-state index contributed by atoms with van der Waals surface area (Å²) in [6, 6.07) is 3.62. The molecule has 0 spiro atoms.